The monoisotopic (exact) mass is 282 g/mol. The van der Waals surface area contributed by atoms with Crippen molar-refractivity contribution in [3.8, 4) is 0 Å². The summed E-state index contributed by atoms with van der Waals surface area (Å²) in [5, 5.41) is 22.8. The van der Waals surface area contributed by atoms with Gasteiger partial charge < -0.3 is 15.3 Å². The van der Waals surface area contributed by atoms with E-state index in [2.05, 4.69) is 10.3 Å². The normalized spacial score (nSPS) is 11.1. The first-order valence-electron chi connectivity index (χ1n) is 5.95. The lowest BCUT2D eigenvalue weighted by molar-refractivity contribution is -0.385. The number of nitrogens with one attached hydrogen (secondary N) is 1. The molecule has 0 saturated heterocycles. The first-order chi connectivity index (χ1) is 9.24. The van der Waals surface area contributed by atoms with Crippen LogP contribution < -0.4 is 5.32 Å². The van der Waals surface area contributed by atoms with Gasteiger partial charge in [-0.15, -0.1) is 0 Å². The van der Waals surface area contributed by atoms with Crippen LogP contribution in [0.25, 0.3) is 0 Å². The zero-order valence-corrected chi connectivity index (χ0v) is 11.9. The van der Waals surface area contributed by atoms with E-state index in [0.717, 1.165) is 6.20 Å². The topological polar surface area (TPSA) is 109 Å². The Morgan fingerprint density at radius 3 is 2.65 bits per heavy atom. The zero-order chi connectivity index (χ0) is 15.5. The number of anilines is 1. The van der Waals surface area contributed by atoms with Crippen LogP contribution in [-0.4, -0.2) is 52.1 Å². The highest BCUT2D eigenvalue weighted by atomic mass is 16.6. The van der Waals surface area contributed by atoms with Gasteiger partial charge in [-0.05, 0) is 13.8 Å². The number of nitrogens with zero attached hydrogens (tertiary/aromatic N) is 3. The van der Waals surface area contributed by atoms with E-state index in [-0.39, 0.29) is 23.7 Å². The smallest absolute Gasteiger partial charge is 0.288 e. The standard InChI is InChI=1S/C12H18N4O4/c1-12(2,7-17)15(4)11(18)9-5-8(16(19)20)6-14-10(9)13-3/h5-6,17H,7H2,1-4H3,(H,13,14). The van der Waals surface area contributed by atoms with Gasteiger partial charge in [0.15, 0.2) is 0 Å². The molecule has 110 valence electrons. The highest BCUT2D eigenvalue weighted by Crippen LogP contribution is 2.23. The number of likely N-dealkylation sites (N-methyl/N-ethyl adjacent to an activating group) is 1. The second-order valence-electron chi connectivity index (χ2n) is 4.93. The maximum Gasteiger partial charge on any atom is 0.288 e. The van der Waals surface area contributed by atoms with Crippen molar-refractivity contribution in [1.82, 2.24) is 9.88 Å². The molecule has 0 radical (unpaired) electrons. The maximum absolute atomic E-state index is 12.4. The lowest BCUT2D eigenvalue weighted by Crippen LogP contribution is -2.47. The summed E-state index contributed by atoms with van der Waals surface area (Å²) in [6.07, 6.45) is 1.08. The van der Waals surface area contributed by atoms with Crippen molar-refractivity contribution in [2.24, 2.45) is 0 Å². The lowest BCUT2D eigenvalue weighted by Gasteiger charge is -2.34. The van der Waals surface area contributed by atoms with Crippen LogP contribution in [0.15, 0.2) is 12.3 Å². The highest BCUT2D eigenvalue weighted by Gasteiger charge is 2.30. The first kappa shape index (κ1) is 15.8. The molecule has 1 aromatic heterocycles. The van der Waals surface area contributed by atoms with Crippen LogP contribution in [0, 0.1) is 10.1 Å². The van der Waals surface area contributed by atoms with Crippen LogP contribution in [0.4, 0.5) is 11.5 Å². The van der Waals surface area contributed by atoms with E-state index in [4.69, 9.17) is 0 Å². The van der Waals surface area contributed by atoms with Crippen LogP contribution in [-0.2, 0) is 0 Å². The quantitative estimate of drug-likeness (QED) is 0.613. The Balaban J connectivity index is 3.26. The molecule has 0 spiro atoms. The van der Waals surface area contributed by atoms with Gasteiger partial charge in [0, 0.05) is 20.2 Å². The van der Waals surface area contributed by atoms with E-state index in [9.17, 15) is 20.0 Å². The number of carbonyl (C=O) groups excluding carboxylic acids is 1. The van der Waals surface area contributed by atoms with E-state index in [0.29, 0.717) is 0 Å². The first-order valence-corrected chi connectivity index (χ1v) is 5.95. The Bertz CT molecular complexity index is 530. The molecule has 0 atom stereocenters. The molecule has 0 unspecified atom stereocenters. The highest BCUT2D eigenvalue weighted by molar-refractivity contribution is 5.99. The fourth-order valence-electron chi connectivity index (χ4n) is 1.48. The molecule has 8 heteroatoms. The Kier molecular flexibility index (Phi) is 4.61. The number of nitro groups is 1. The molecule has 1 heterocycles. The minimum absolute atomic E-state index is 0.0886. The number of amides is 1. The van der Waals surface area contributed by atoms with Crippen molar-refractivity contribution in [3.63, 3.8) is 0 Å². The number of hydrogen-bond donors (Lipinski definition) is 2. The van der Waals surface area contributed by atoms with Gasteiger partial charge in [-0.1, -0.05) is 0 Å². The van der Waals surface area contributed by atoms with E-state index in [1.54, 1.807) is 20.9 Å². The van der Waals surface area contributed by atoms with Gasteiger partial charge >= 0.3 is 0 Å². The SMILES string of the molecule is CNc1ncc([N+](=O)[O-])cc1C(=O)N(C)C(C)(C)CO. The number of aromatic nitrogens is 1. The van der Waals surface area contributed by atoms with Crippen LogP contribution >= 0.6 is 0 Å². The molecule has 0 fully saturated rings. The van der Waals surface area contributed by atoms with E-state index >= 15 is 0 Å². The maximum atomic E-state index is 12.4. The average Bonchev–Trinajstić information content (AvgIpc) is 2.44. The number of aliphatic hydroxyl groups is 1. The molecule has 1 rings (SSSR count). The van der Waals surface area contributed by atoms with Crippen molar-refractivity contribution in [2.45, 2.75) is 19.4 Å². The lowest BCUT2D eigenvalue weighted by atomic mass is 10.0. The summed E-state index contributed by atoms with van der Waals surface area (Å²) in [5.74, 6) is -0.203. The third kappa shape index (κ3) is 3.02. The van der Waals surface area contributed by atoms with Crippen molar-refractivity contribution < 1.29 is 14.8 Å². The van der Waals surface area contributed by atoms with Crippen molar-refractivity contribution in [3.05, 3.63) is 27.9 Å². The van der Waals surface area contributed by atoms with Crippen LogP contribution in [0.2, 0.25) is 0 Å². The van der Waals surface area contributed by atoms with Gasteiger partial charge in [0.1, 0.15) is 12.0 Å². The van der Waals surface area contributed by atoms with Crippen LogP contribution in [0.1, 0.15) is 24.2 Å². The summed E-state index contributed by atoms with van der Waals surface area (Å²) in [7, 11) is 3.10. The van der Waals surface area contributed by atoms with E-state index in [1.807, 2.05) is 0 Å². The third-order valence-electron chi connectivity index (χ3n) is 3.15. The number of aliphatic hydroxyl groups excluding tert-OH is 1. The molecule has 8 nitrogen and oxygen atoms in total. The van der Waals surface area contributed by atoms with E-state index in [1.165, 1.54) is 18.0 Å². The summed E-state index contributed by atoms with van der Waals surface area (Å²) in [4.78, 5) is 27.8. The predicted octanol–water partition coefficient (Wildman–Crippen LogP) is 0.874. The fraction of sp³-hybridized carbons (Fsp3) is 0.500. The molecule has 0 aromatic carbocycles. The van der Waals surface area contributed by atoms with Crippen molar-refractivity contribution in [1.29, 1.82) is 0 Å². The predicted molar refractivity (Wildman–Crippen MR) is 73.7 cm³/mol. The van der Waals surface area contributed by atoms with Crippen LogP contribution in [0.5, 0.6) is 0 Å². The van der Waals surface area contributed by atoms with E-state index < -0.39 is 16.4 Å². The third-order valence-corrected chi connectivity index (χ3v) is 3.15. The van der Waals surface area contributed by atoms with Gasteiger partial charge in [0.25, 0.3) is 11.6 Å². The molecule has 0 aliphatic heterocycles. The molecule has 20 heavy (non-hydrogen) atoms. The molecule has 1 amide bonds. The van der Waals surface area contributed by atoms with Gasteiger partial charge in [-0.2, -0.15) is 0 Å². The second kappa shape index (κ2) is 5.83. The van der Waals surface area contributed by atoms with Crippen LogP contribution in [0.3, 0.4) is 0 Å². The number of pyridine rings is 1. The molecule has 0 aliphatic carbocycles. The van der Waals surface area contributed by atoms with Gasteiger partial charge in [-0.25, -0.2) is 4.98 Å². The zero-order valence-electron chi connectivity index (χ0n) is 11.9. The summed E-state index contributed by atoms with van der Waals surface area (Å²) < 4.78 is 0. The average molecular weight is 282 g/mol. The second-order valence-corrected chi connectivity index (χ2v) is 4.93. The summed E-state index contributed by atoms with van der Waals surface area (Å²) in [6.45, 7) is 3.15. The van der Waals surface area contributed by atoms with Crippen molar-refractivity contribution in [2.75, 3.05) is 26.0 Å². The fourth-order valence-corrected chi connectivity index (χ4v) is 1.48. The number of carbonyl (C=O) groups is 1. The summed E-state index contributed by atoms with van der Waals surface area (Å²) in [6, 6.07) is 1.17. The Morgan fingerprint density at radius 1 is 1.60 bits per heavy atom. The van der Waals surface area contributed by atoms with Gasteiger partial charge in [0.05, 0.1) is 22.6 Å². The molecule has 0 saturated carbocycles. The Hall–Kier alpha value is -2.22. The molecule has 0 bridgehead atoms. The molecular weight excluding hydrogens is 264 g/mol. The van der Waals surface area contributed by atoms with Gasteiger partial charge in [0.2, 0.25) is 0 Å². The minimum atomic E-state index is -0.785. The summed E-state index contributed by atoms with van der Waals surface area (Å²) in [5.41, 5.74) is -0.958. The largest absolute Gasteiger partial charge is 0.394 e. The number of rotatable bonds is 5. The Labute approximate surface area is 116 Å². The molecule has 2 N–H and O–H groups in total. The van der Waals surface area contributed by atoms with Gasteiger partial charge in [-0.3, -0.25) is 14.9 Å². The Morgan fingerprint density at radius 2 is 2.20 bits per heavy atom. The molecular formula is C12H18N4O4. The summed E-state index contributed by atoms with van der Waals surface area (Å²) >= 11 is 0. The molecule has 1 aromatic rings. The van der Waals surface area contributed by atoms with Crippen molar-refractivity contribution >= 4 is 17.4 Å². The minimum Gasteiger partial charge on any atom is -0.394 e. The number of hydrogen-bond acceptors (Lipinski definition) is 6. The molecule has 0 aliphatic rings.